The van der Waals surface area contributed by atoms with Crippen molar-refractivity contribution >= 4 is 34.6 Å². The van der Waals surface area contributed by atoms with Crippen LogP contribution in [-0.2, 0) is 0 Å². The maximum atomic E-state index is 5.91. The molecule has 0 unspecified atom stereocenters. The first kappa shape index (κ1) is 12.9. The third kappa shape index (κ3) is 3.49. The average Bonchev–Trinajstić information content (AvgIpc) is 2.36. The Morgan fingerprint density at radius 1 is 1.00 bits per heavy atom. The van der Waals surface area contributed by atoms with E-state index in [9.17, 15) is 0 Å². The molecule has 4 heteroatoms. The number of hydrazone groups is 1. The minimum absolute atomic E-state index is 0.581. The largest absolute Gasteiger partial charge is 0.278 e. The molecule has 2 nitrogen and oxygen atoms in total. The molecule has 2 rings (SSSR count). The van der Waals surface area contributed by atoms with Gasteiger partial charge in [0, 0.05) is 10.0 Å². The summed E-state index contributed by atoms with van der Waals surface area (Å²) in [6.07, 6.45) is 0. The van der Waals surface area contributed by atoms with Gasteiger partial charge in [0.25, 0.3) is 0 Å². The first-order valence-electron chi connectivity index (χ1n) is 5.47. The molecule has 0 saturated carbocycles. The molecule has 0 amide bonds. The van der Waals surface area contributed by atoms with Crippen molar-refractivity contribution in [2.45, 2.75) is 6.92 Å². The predicted octanol–water partition coefficient (Wildman–Crippen LogP) is 4.83. The third-order valence-electron chi connectivity index (χ3n) is 2.41. The van der Waals surface area contributed by atoms with E-state index < -0.39 is 0 Å². The van der Waals surface area contributed by atoms with Crippen LogP contribution in [0.3, 0.4) is 0 Å². The number of nitrogens with one attached hydrogen (secondary N) is 1. The fraction of sp³-hybridized carbons (Fsp3) is 0.0714. The van der Waals surface area contributed by atoms with Crippen molar-refractivity contribution in [2.24, 2.45) is 5.10 Å². The van der Waals surface area contributed by atoms with Gasteiger partial charge in [-0.1, -0.05) is 53.5 Å². The summed E-state index contributed by atoms with van der Waals surface area (Å²) in [6.45, 7) is 1.94. The third-order valence-corrected chi connectivity index (χ3v) is 2.84. The van der Waals surface area contributed by atoms with Gasteiger partial charge in [-0.2, -0.15) is 5.10 Å². The molecule has 0 saturated heterocycles. The summed E-state index contributed by atoms with van der Waals surface area (Å²) in [5.41, 5.74) is 5.67. The van der Waals surface area contributed by atoms with E-state index >= 15 is 0 Å². The molecule has 0 heterocycles. The van der Waals surface area contributed by atoms with Crippen molar-refractivity contribution in [3.8, 4) is 0 Å². The standard InChI is InChI=1S/C14H12Cl2N2/c1-10(11-5-3-2-4-6-11)17-18-14-8-12(15)7-13(16)9-14/h2-9,18H,1H3. The van der Waals surface area contributed by atoms with Gasteiger partial charge in [-0.05, 0) is 30.7 Å². The van der Waals surface area contributed by atoms with Crippen molar-refractivity contribution in [3.63, 3.8) is 0 Å². The van der Waals surface area contributed by atoms with E-state index in [4.69, 9.17) is 23.2 Å². The molecule has 0 aliphatic carbocycles. The van der Waals surface area contributed by atoms with Crippen molar-refractivity contribution in [2.75, 3.05) is 5.43 Å². The molecule has 92 valence electrons. The molecule has 0 fully saturated rings. The number of anilines is 1. The van der Waals surface area contributed by atoms with Crippen LogP contribution in [0.5, 0.6) is 0 Å². The molecule has 0 aliphatic rings. The number of hydrogen-bond donors (Lipinski definition) is 1. The smallest absolute Gasteiger partial charge is 0.0648 e. The van der Waals surface area contributed by atoms with Gasteiger partial charge in [0.15, 0.2) is 0 Å². The zero-order chi connectivity index (χ0) is 13.0. The average molecular weight is 279 g/mol. The molecule has 0 bridgehead atoms. The van der Waals surface area contributed by atoms with E-state index in [2.05, 4.69) is 10.5 Å². The predicted molar refractivity (Wildman–Crippen MR) is 78.7 cm³/mol. The van der Waals surface area contributed by atoms with Gasteiger partial charge in [0.1, 0.15) is 0 Å². The molecule has 2 aromatic carbocycles. The topological polar surface area (TPSA) is 24.4 Å². The summed E-state index contributed by atoms with van der Waals surface area (Å²) in [6, 6.07) is 15.2. The summed E-state index contributed by atoms with van der Waals surface area (Å²) >= 11 is 11.8. The fourth-order valence-corrected chi connectivity index (χ4v) is 2.04. The summed E-state index contributed by atoms with van der Waals surface area (Å²) in [5, 5.41) is 5.46. The lowest BCUT2D eigenvalue weighted by atomic mass is 10.1. The Morgan fingerprint density at radius 2 is 1.61 bits per heavy atom. The van der Waals surface area contributed by atoms with E-state index in [1.165, 1.54) is 0 Å². The highest BCUT2D eigenvalue weighted by atomic mass is 35.5. The SMILES string of the molecule is CC(=NNc1cc(Cl)cc(Cl)c1)c1ccccc1. The van der Waals surface area contributed by atoms with Gasteiger partial charge < -0.3 is 0 Å². The second-order valence-corrected chi connectivity index (χ2v) is 4.71. The van der Waals surface area contributed by atoms with E-state index in [0.29, 0.717) is 10.0 Å². The molecular formula is C14H12Cl2N2. The fourth-order valence-electron chi connectivity index (χ4n) is 1.51. The number of nitrogens with zero attached hydrogens (tertiary/aromatic N) is 1. The second-order valence-electron chi connectivity index (χ2n) is 3.83. The minimum atomic E-state index is 0.581. The lowest BCUT2D eigenvalue weighted by Crippen LogP contribution is -1.99. The summed E-state index contributed by atoms with van der Waals surface area (Å²) in [7, 11) is 0. The zero-order valence-electron chi connectivity index (χ0n) is 9.82. The molecule has 1 N–H and O–H groups in total. The van der Waals surface area contributed by atoms with Crippen LogP contribution >= 0.6 is 23.2 Å². The van der Waals surface area contributed by atoms with Gasteiger partial charge in [-0.15, -0.1) is 0 Å². The number of hydrogen-bond acceptors (Lipinski definition) is 2. The van der Waals surface area contributed by atoms with E-state index in [1.807, 2.05) is 37.3 Å². The molecule has 0 aromatic heterocycles. The van der Waals surface area contributed by atoms with Crippen molar-refractivity contribution in [3.05, 3.63) is 64.1 Å². The van der Waals surface area contributed by atoms with E-state index in [0.717, 1.165) is 17.0 Å². The highest BCUT2D eigenvalue weighted by Gasteiger charge is 1.98. The molecule has 0 aliphatic heterocycles. The van der Waals surface area contributed by atoms with Crippen LogP contribution in [0.1, 0.15) is 12.5 Å². The van der Waals surface area contributed by atoms with Crippen LogP contribution in [-0.4, -0.2) is 5.71 Å². The van der Waals surface area contributed by atoms with Crippen LogP contribution in [0.25, 0.3) is 0 Å². The van der Waals surface area contributed by atoms with E-state index in [1.54, 1.807) is 18.2 Å². The van der Waals surface area contributed by atoms with Gasteiger partial charge in [0.2, 0.25) is 0 Å². The summed E-state index contributed by atoms with van der Waals surface area (Å²) in [5.74, 6) is 0. The number of rotatable bonds is 3. The van der Waals surface area contributed by atoms with Gasteiger partial charge in [0.05, 0.1) is 11.4 Å². The van der Waals surface area contributed by atoms with Gasteiger partial charge in [-0.25, -0.2) is 0 Å². The minimum Gasteiger partial charge on any atom is -0.278 e. The Morgan fingerprint density at radius 3 is 2.22 bits per heavy atom. The lowest BCUT2D eigenvalue weighted by Gasteiger charge is -2.04. The highest BCUT2D eigenvalue weighted by Crippen LogP contribution is 2.22. The summed E-state index contributed by atoms with van der Waals surface area (Å²) in [4.78, 5) is 0. The molecule has 18 heavy (non-hydrogen) atoms. The number of benzene rings is 2. The van der Waals surface area contributed by atoms with Crippen molar-refractivity contribution in [1.29, 1.82) is 0 Å². The van der Waals surface area contributed by atoms with Crippen LogP contribution in [0.2, 0.25) is 10.0 Å². The molecular weight excluding hydrogens is 267 g/mol. The Labute approximate surface area is 116 Å². The maximum Gasteiger partial charge on any atom is 0.0648 e. The normalized spacial score (nSPS) is 11.4. The summed E-state index contributed by atoms with van der Waals surface area (Å²) < 4.78 is 0. The lowest BCUT2D eigenvalue weighted by molar-refractivity contribution is 1.32. The number of halogens is 2. The Hall–Kier alpha value is -1.51. The Bertz CT molecular complexity index is 545. The Balaban J connectivity index is 2.15. The van der Waals surface area contributed by atoms with Crippen molar-refractivity contribution in [1.82, 2.24) is 0 Å². The second kappa shape index (κ2) is 5.89. The van der Waals surface area contributed by atoms with Crippen LogP contribution < -0.4 is 5.43 Å². The van der Waals surface area contributed by atoms with Crippen LogP contribution in [0.4, 0.5) is 5.69 Å². The first-order chi connectivity index (χ1) is 8.65. The zero-order valence-corrected chi connectivity index (χ0v) is 11.3. The van der Waals surface area contributed by atoms with Crippen molar-refractivity contribution < 1.29 is 0 Å². The van der Waals surface area contributed by atoms with Crippen LogP contribution in [0.15, 0.2) is 53.6 Å². The maximum absolute atomic E-state index is 5.91. The Kier molecular flexibility index (Phi) is 4.24. The van der Waals surface area contributed by atoms with E-state index in [-0.39, 0.29) is 0 Å². The molecule has 0 atom stereocenters. The van der Waals surface area contributed by atoms with Crippen LogP contribution in [0, 0.1) is 0 Å². The molecule has 2 aromatic rings. The van der Waals surface area contributed by atoms with Gasteiger partial charge in [-0.3, -0.25) is 5.43 Å². The molecule has 0 radical (unpaired) electrons. The first-order valence-corrected chi connectivity index (χ1v) is 6.22. The molecule has 0 spiro atoms. The highest BCUT2D eigenvalue weighted by molar-refractivity contribution is 6.35. The van der Waals surface area contributed by atoms with Gasteiger partial charge >= 0.3 is 0 Å². The monoisotopic (exact) mass is 278 g/mol. The quantitative estimate of drug-likeness (QED) is 0.631.